The molecule has 212 valence electrons. The van der Waals surface area contributed by atoms with Crippen LogP contribution in [0.15, 0.2) is 65.1 Å². The third-order valence-corrected chi connectivity index (χ3v) is 25.0. The molecule has 0 aromatic carbocycles. The zero-order valence-corrected chi connectivity index (χ0v) is 33.7. The van der Waals surface area contributed by atoms with Crippen LogP contribution in [0.4, 0.5) is 0 Å². The van der Waals surface area contributed by atoms with E-state index >= 15 is 0 Å². The van der Waals surface area contributed by atoms with Gasteiger partial charge in [-0.05, 0) is 35.8 Å². The molecule has 0 amide bonds. The maximum atomic E-state index is 11.3. The van der Waals surface area contributed by atoms with E-state index in [1.54, 1.807) is 47.0 Å². The summed E-state index contributed by atoms with van der Waals surface area (Å²) in [4.78, 5) is 27.2. The molecule has 4 aliphatic heterocycles. The molecule has 0 radical (unpaired) electrons. The van der Waals surface area contributed by atoms with Gasteiger partial charge in [-0.1, -0.05) is 139 Å². The number of rotatable bonds is 6. The summed E-state index contributed by atoms with van der Waals surface area (Å²) in [6.07, 6.45) is 8.53. The Morgan fingerprint density at radius 1 is 0.500 bits per heavy atom. The minimum Gasteiger partial charge on any atom is -0.265 e. The van der Waals surface area contributed by atoms with Crippen LogP contribution in [-0.2, 0) is 0 Å². The summed E-state index contributed by atoms with van der Waals surface area (Å²) in [5.41, 5.74) is 0. The summed E-state index contributed by atoms with van der Waals surface area (Å²) in [6.45, 7) is 0. The van der Waals surface area contributed by atoms with Crippen molar-refractivity contribution in [3.8, 4) is 0 Å². The molecule has 0 N–H and O–H groups in total. The van der Waals surface area contributed by atoms with Crippen molar-refractivity contribution < 1.29 is 0 Å². The lowest BCUT2D eigenvalue weighted by Crippen LogP contribution is -1.75. The molecule has 18 heteroatoms. The van der Waals surface area contributed by atoms with Crippen LogP contribution in [-0.4, -0.2) is 25.0 Å². The highest BCUT2D eigenvalue weighted by atomic mass is 32.3. The first-order valence-electron chi connectivity index (χ1n) is 10.5. The van der Waals surface area contributed by atoms with E-state index in [1.807, 2.05) is 105 Å². The second-order valence-corrected chi connectivity index (χ2v) is 24.3. The van der Waals surface area contributed by atoms with Crippen LogP contribution in [0.25, 0.3) is 9.81 Å². The Hall–Kier alpha value is 2.34. The second-order valence-electron chi connectivity index (χ2n) is 6.83. The summed E-state index contributed by atoms with van der Waals surface area (Å²) in [5.74, 6) is 0. The maximum absolute atomic E-state index is 11.3. The Morgan fingerprint density at radius 2 is 0.850 bits per heavy atom. The van der Waals surface area contributed by atoms with Crippen molar-refractivity contribution in [2.45, 2.75) is 0 Å². The Bertz CT molecular complexity index is 1440. The molecule has 2 nitrogen and oxygen atoms in total. The van der Waals surface area contributed by atoms with Crippen molar-refractivity contribution in [3.05, 3.63) is 82.9 Å². The fourth-order valence-electron chi connectivity index (χ4n) is 2.81. The van der Waals surface area contributed by atoms with Crippen LogP contribution in [0, 0.1) is 0 Å². The van der Waals surface area contributed by atoms with E-state index in [0.717, 1.165) is 9.75 Å². The lowest BCUT2D eigenvalue weighted by Gasteiger charge is -2.01. The van der Waals surface area contributed by atoms with Gasteiger partial charge in [0.2, 0.25) is 0 Å². The second kappa shape index (κ2) is 16.3. The van der Waals surface area contributed by atoms with Gasteiger partial charge in [-0.15, -0.1) is 47.0 Å². The average Bonchev–Trinajstić information content (AvgIpc) is 3.80. The Morgan fingerprint density at radius 3 is 1.12 bits per heavy atom. The minimum absolute atomic E-state index is 0.174. The molecule has 0 unspecified atom stereocenters. The zero-order valence-electron chi connectivity index (χ0n) is 20.7. The van der Waals surface area contributed by atoms with Crippen molar-refractivity contribution >= 4 is 196 Å². The van der Waals surface area contributed by atoms with Crippen LogP contribution in [0.5, 0.6) is 0 Å². The van der Waals surface area contributed by atoms with E-state index in [2.05, 4.69) is 35.8 Å². The van der Waals surface area contributed by atoms with Crippen molar-refractivity contribution in [2.75, 3.05) is 25.0 Å². The maximum Gasteiger partial charge on any atom is 0.287 e. The predicted octanol–water partition coefficient (Wildman–Crippen LogP) is 12.8. The summed E-state index contributed by atoms with van der Waals surface area (Å²) in [6, 6.07) is 0. The van der Waals surface area contributed by atoms with Gasteiger partial charge in [-0.3, -0.25) is 9.59 Å². The fraction of sp³-hybridized carbons (Fsp3) is 0.182. The molecule has 0 fully saturated rings. The van der Waals surface area contributed by atoms with Gasteiger partial charge in [0.15, 0.2) is 0 Å². The Labute approximate surface area is 300 Å². The van der Waals surface area contributed by atoms with Crippen LogP contribution < -0.4 is 8.11 Å². The van der Waals surface area contributed by atoms with Crippen molar-refractivity contribution in [3.63, 3.8) is 0 Å². The van der Waals surface area contributed by atoms with Gasteiger partial charge < -0.3 is 0 Å². The third-order valence-electron chi connectivity index (χ3n) is 4.50. The van der Waals surface area contributed by atoms with Gasteiger partial charge in [-0.25, -0.2) is 0 Å². The van der Waals surface area contributed by atoms with E-state index < -0.39 is 0 Å². The van der Waals surface area contributed by atoms with E-state index in [1.165, 1.54) is 89.1 Å². The molecule has 6 rings (SSSR count). The molecule has 0 bridgehead atoms. The highest BCUT2D eigenvalue weighted by molar-refractivity contribution is 8.43. The molecular weight excluding hydrogens is 809 g/mol. The number of hydrogen-bond acceptors (Lipinski definition) is 18. The average molecular weight is 825 g/mol. The van der Waals surface area contributed by atoms with E-state index in [4.69, 9.17) is 0 Å². The van der Waals surface area contributed by atoms with Gasteiger partial charge in [0.25, 0.3) is 8.11 Å². The molecular formula is C22H16O2S16. The van der Waals surface area contributed by atoms with Crippen molar-refractivity contribution in [1.29, 1.82) is 0 Å². The normalized spacial score (nSPS) is 19.2. The molecule has 0 saturated carbocycles. The first-order chi connectivity index (χ1) is 19.4. The monoisotopic (exact) mass is 824 g/mol. The van der Waals surface area contributed by atoms with Crippen molar-refractivity contribution in [2.24, 2.45) is 0 Å². The minimum atomic E-state index is 0.174. The van der Waals surface area contributed by atoms with Crippen LogP contribution >= 0.6 is 186 Å². The fourth-order valence-corrected chi connectivity index (χ4v) is 21.9. The van der Waals surface area contributed by atoms with Gasteiger partial charge >= 0.3 is 0 Å². The topological polar surface area (TPSA) is 34.1 Å². The summed E-state index contributed by atoms with van der Waals surface area (Å²) in [7, 11) is 0. The highest BCUT2D eigenvalue weighted by Gasteiger charge is 2.28. The van der Waals surface area contributed by atoms with Gasteiger partial charge in [0, 0.05) is 20.6 Å². The molecule has 2 aromatic heterocycles. The Kier molecular flexibility index (Phi) is 13.7. The Balaban J connectivity index is 0.000000161. The molecule has 0 spiro atoms. The molecule has 6 heterocycles. The van der Waals surface area contributed by atoms with Crippen LogP contribution in [0.3, 0.4) is 0 Å². The molecule has 4 aliphatic rings. The molecule has 2 aromatic rings. The standard InChI is InChI=1S/2C11H8OS8/c2*1-13-7-8(14-2)20-10(19-7)9-15-3-5(17-9)6-4-16-11(12)18-6/h2*3-4H,1-2H3. The van der Waals surface area contributed by atoms with E-state index in [0.29, 0.717) is 0 Å². The summed E-state index contributed by atoms with van der Waals surface area (Å²) < 4.78 is 11.4. The van der Waals surface area contributed by atoms with Gasteiger partial charge in [0.1, 0.15) is 0 Å². The molecule has 0 aliphatic carbocycles. The highest BCUT2D eigenvalue weighted by Crippen LogP contribution is 2.64. The number of thioether (sulfide) groups is 12. The molecule has 0 atom stereocenters. The lowest BCUT2D eigenvalue weighted by atomic mass is 10.6. The summed E-state index contributed by atoms with van der Waals surface area (Å²) >= 11 is 27.2. The smallest absolute Gasteiger partial charge is 0.265 e. The van der Waals surface area contributed by atoms with Gasteiger partial charge in [0.05, 0.1) is 43.7 Å². The van der Waals surface area contributed by atoms with E-state index in [-0.39, 0.29) is 8.11 Å². The third kappa shape index (κ3) is 8.37. The zero-order chi connectivity index (χ0) is 28.2. The van der Waals surface area contributed by atoms with Crippen LogP contribution in [0.1, 0.15) is 9.75 Å². The van der Waals surface area contributed by atoms with Crippen LogP contribution in [0.2, 0.25) is 0 Å². The largest absolute Gasteiger partial charge is 0.287 e. The van der Waals surface area contributed by atoms with Gasteiger partial charge in [-0.2, -0.15) is 0 Å². The predicted molar refractivity (Wildman–Crippen MR) is 216 cm³/mol. The van der Waals surface area contributed by atoms with E-state index in [9.17, 15) is 9.59 Å². The molecule has 0 saturated heterocycles. The lowest BCUT2D eigenvalue weighted by molar-refractivity contribution is 2.12. The first-order valence-corrected chi connectivity index (χ1v) is 25.5. The number of hydrogen-bond donors (Lipinski definition) is 0. The van der Waals surface area contributed by atoms with Crippen molar-refractivity contribution in [1.82, 2.24) is 0 Å². The quantitative estimate of drug-likeness (QED) is 0.277. The SMILES string of the molecule is CSC1=C(SC)SC(=C2SC=C(c3csc(=O)s3)S2)S1.CSC1=C(SC)SC(=C2SC=C(c3csc(=O)s3)S2)S1. The summed E-state index contributed by atoms with van der Waals surface area (Å²) in [5, 5.41) is 8.27. The molecule has 40 heavy (non-hydrogen) atoms. The first kappa shape index (κ1) is 33.7.